The van der Waals surface area contributed by atoms with Crippen molar-refractivity contribution in [2.75, 3.05) is 25.5 Å². The van der Waals surface area contributed by atoms with Crippen LogP contribution in [0.25, 0.3) is 0 Å². The van der Waals surface area contributed by atoms with Gasteiger partial charge in [-0.25, -0.2) is 0 Å². The molecule has 0 heterocycles. The molecule has 1 N–H and O–H groups in total. The van der Waals surface area contributed by atoms with Gasteiger partial charge >= 0.3 is 0 Å². The van der Waals surface area contributed by atoms with E-state index >= 15 is 0 Å². The third-order valence-electron chi connectivity index (χ3n) is 3.60. The number of anilines is 1. The lowest BCUT2D eigenvalue weighted by Gasteiger charge is -2.11. The molecule has 0 saturated carbocycles. The van der Waals surface area contributed by atoms with Crippen LogP contribution in [0.5, 0.6) is 0 Å². The topological polar surface area (TPSA) is 57.1 Å². The van der Waals surface area contributed by atoms with Crippen LogP contribution in [0.15, 0.2) is 58.8 Å². The van der Waals surface area contributed by atoms with Gasteiger partial charge in [-0.2, -0.15) is 5.11 Å². The Morgan fingerprint density at radius 1 is 0.867 bits per heavy atom. The maximum absolute atomic E-state index is 12.3. The van der Waals surface area contributed by atoms with Crippen LogP contribution in [0, 0.1) is 0 Å². The molecule has 2 aromatic carbocycles. The molecule has 5 nitrogen and oxygen atoms in total. The van der Waals surface area contributed by atoms with Crippen molar-refractivity contribution in [1.82, 2.24) is 5.32 Å². The number of azo groups is 1. The van der Waals surface area contributed by atoms with Gasteiger partial charge in [0.15, 0.2) is 0 Å². The minimum absolute atomic E-state index is 0.110. The van der Waals surface area contributed by atoms with Crippen LogP contribution in [0.3, 0.4) is 0 Å². The van der Waals surface area contributed by atoms with E-state index in [1.807, 2.05) is 96.9 Å². The standard InChI is InChI=1S/C19H24N4O.3C2H6/c1-4-5-14-20-19(24)17-8-6-7-9-18(17)22-21-15-10-12-16(13-11-15)23(2)3;3*1-2/h6-13H,4-5,14H2,1-3H3,(H,20,24);3*1-2H3. The number of nitrogens with one attached hydrogen (secondary N) is 1. The molecule has 0 bridgehead atoms. The van der Waals surface area contributed by atoms with Crippen molar-refractivity contribution in [2.24, 2.45) is 10.2 Å². The average molecular weight is 415 g/mol. The second-order valence-corrected chi connectivity index (χ2v) is 5.74. The summed E-state index contributed by atoms with van der Waals surface area (Å²) in [6.45, 7) is 14.8. The summed E-state index contributed by atoms with van der Waals surface area (Å²) in [7, 11) is 3.98. The number of hydrogen-bond acceptors (Lipinski definition) is 4. The van der Waals surface area contributed by atoms with Crippen molar-refractivity contribution in [2.45, 2.75) is 61.3 Å². The molecular formula is C25H42N4O. The maximum atomic E-state index is 12.3. The summed E-state index contributed by atoms with van der Waals surface area (Å²) >= 11 is 0. The predicted octanol–water partition coefficient (Wildman–Crippen LogP) is 7.78. The second-order valence-electron chi connectivity index (χ2n) is 5.74. The van der Waals surface area contributed by atoms with Gasteiger partial charge in [-0.1, -0.05) is 67.0 Å². The summed E-state index contributed by atoms with van der Waals surface area (Å²) < 4.78 is 0. The van der Waals surface area contributed by atoms with Crippen molar-refractivity contribution in [3.05, 3.63) is 54.1 Å². The number of benzene rings is 2. The highest BCUT2D eigenvalue weighted by atomic mass is 16.1. The Hall–Kier alpha value is -2.69. The zero-order chi connectivity index (χ0) is 23.4. The van der Waals surface area contributed by atoms with E-state index < -0.39 is 0 Å². The molecule has 0 aliphatic carbocycles. The Morgan fingerprint density at radius 2 is 1.43 bits per heavy atom. The Bertz CT molecular complexity index is 695. The highest BCUT2D eigenvalue weighted by molar-refractivity contribution is 5.98. The van der Waals surface area contributed by atoms with Gasteiger partial charge in [-0.3, -0.25) is 4.79 Å². The Kier molecular flexibility index (Phi) is 19.3. The fourth-order valence-corrected chi connectivity index (χ4v) is 2.16. The first-order chi connectivity index (χ1) is 14.6. The number of amides is 1. The van der Waals surface area contributed by atoms with E-state index in [4.69, 9.17) is 0 Å². The van der Waals surface area contributed by atoms with Gasteiger partial charge in [-0.05, 0) is 42.8 Å². The van der Waals surface area contributed by atoms with Crippen LogP contribution >= 0.6 is 0 Å². The summed E-state index contributed by atoms with van der Waals surface area (Å²) in [6.07, 6.45) is 2.01. The first kappa shape index (κ1) is 29.5. The van der Waals surface area contributed by atoms with Gasteiger partial charge in [0.25, 0.3) is 5.91 Å². The molecule has 0 unspecified atom stereocenters. The minimum atomic E-state index is -0.110. The van der Waals surface area contributed by atoms with Crippen molar-refractivity contribution in [3.8, 4) is 0 Å². The predicted molar refractivity (Wildman–Crippen MR) is 133 cm³/mol. The molecule has 0 radical (unpaired) electrons. The molecule has 2 aromatic rings. The number of rotatable bonds is 7. The summed E-state index contributed by atoms with van der Waals surface area (Å²) in [5.41, 5.74) is 2.97. The number of nitrogens with zero attached hydrogens (tertiary/aromatic N) is 3. The average Bonchev–Trinajstić information content (AvgIpc) is 2.82. The van der Waals surface area contributed by atoms with Gasteiger partial charge in [0.05, 0.1) is 16.9 Å². The normalized spacial score (nSPS) is 9.23. The Balaban J connectivity index is 0. The van der Waals surface area contributed by atoms with E-state index in [9.17, 15) is 4.79 Å². The molecular weight excluding hydrogens is 372 g/mol. The molecule has 30 heavy (non-hydrogen) atoms. The lowest BCUT2D eigenvalue weighted by Crippen LogP contribution is -2.24. The van der Waals surface area contributed by atoms with Crippen molar-refractivity contribution >= 4 is 23.0 Å². The van der Waals surface area contributed by atoms with Crippen molar-refractivity contribution in [3.63, 3.8) is 0 Å². The Morgan fingerprint density at radius 3 is 1.97 bits per heavy atom. The molecule has 0 fully saturated rings. The maximum Gasteiger partial charge on any atom is 0.253 e. The largest absolute Gasteiger partial charge is 0.378 e. The van der Waals surface area contributed by atoms with Crippen molar-refractivity contribution in [1.29, 1.82) is 0 Å². The zero-order valence-electron chi connectivity index (χ0n) is 20.5. The van der Waals surface area contributed by atoms with E-state index in [0.29, 0.717) is 17.8 Å². The van der Waals surface area contributed by atoms with Crippen LogP contribution in [0.1, 0.15) is 71.7 Å². The highest BCUT2D eigenvalue weighted by Gasteiger charge is 2.09. The monoisotopic (exact) mass is 414 g/mol. The van der Waals surface area contributed by atoms with Gasteiger partial charge in [0.1, 0.15) is 0 Å². The smallest absolute Gasteiger partial charge is 0.253 e. The van der Waals surface area contributed by atoms with E-state index in [1.54, 1.807) is 12.1 Å². The van der Waals surface area contributed by atoms with Gasteiger partial charge < -0.3 is 10.2 Å². The fraction of sp³-hybridized carbons (Fsp3) is 0.480. The number of unbranched alkanes of at least 4 members (excludes halogenated alkanes) is 1. The number of carbonyl (C=O) groups is 1. The van der Waals surface area contributed by atoms with Crippen molar-refractivity contribution < 1.29 is 4.79 Å². The van der Waals surface area contributed by atoms with Crippen LogP contribution in [-0.2, 0) is 0 Å². The van der Waals surface area contributed by atoms with Crippen LogP contribution in [0.4, 0.5) is 17.1 Å². The number of carbonyl (C=O) groups excluding carboxylic acids is 1. The lowest BCUT2D eigenvalue weighted by atomic mass is 10.1. The van der Waals surface area contributed by atoms with Gasteiger partial charge in [0, 0.05) is 26.3 Å². The molecule has 0 saturated heterocycles. The number of hydrogen-bond donors (Lipinski definition) is 1. The minimum Gasteiger partial charge on any atom is -0.378 e. The van der Waals surface area contributed by atoms with E-state index in [1.165, 1.54) is 0 Å². The summed E-state index contributed by atoms with van der Waals surface area (Å²) in [5.74, 6) is -0.110. The SMILES string of the molecule is CC.CC.CC.CCCCNC(=O)c1ccccc1N=Nc1ccc(N(C)C)cc1. The van der Waals surface area contributed by atoms with E-state index in [2.05, 4.69) is 22.5 Å². The summed E-state index contributed by atoms with van der Waals surface area (Å²) in [6, 6.07) is 15.0. The summed E-state index contributed by atoms with van der Waals surface area (Å²) in [4.78, 5) is 14.3. The van der Waals surface area contributed by atoms with E-state index in [-0.39, 0.29) is 5.91 Å². The quantitative estimate of drug-likeness (QED) is 0.371. The third kappa shape index (κ3) is 11.3. The zero-order valence-corrected chi connectivity index (χ0v) is 20.5. The Labute approximate surface area is 184 Å². The highest BCUT2D eigenvalue weighted by Crippen LogP contribution is 2.23. The molecule has 5 heteroatoms. The molecule has 168 valence electrons. The molecule has 0 atom stereocenters. The van der Waals surface area contributed by atoms with E-state index in [0.717, 1.165) is 24.2 Å². The van der Waals surface area contributed by atoms with Crippen LogP contribution in [0.2, 0.25) is 0 Å². The second kappa shape index (κ2) is 19.6. The third-order valence-corrected chi connectivity index (χ3v) is 3.60. The van der Waals surface area contributed by atoms with Crippen LogP contribution < -0.4 is 10.2 Å². The first-order valence-corrected chi connectivity index (χ1v) is 11.2. The lowest BCUT2D eigenvalue weighted by molar-refractivity contribution is 0.0954. The first-order valence-electron chi connectivity index (χ1n) is 11.2. The molecule has 0 spiro atoms. The molecule has 0 aliphatic rings. The van der Waals surface area contributed by atoms with Gasteiger partial charge in [-0.15, -0.1) is 5.11 Å². The fourth-order valence-electron chi connectivity index (χ4n) is 2.16. The molecule has 0 aromatic heterocycles. The molecule has 2 rings (SSSR count). The van der Waals surface area contributed by atoms with Crippen LogP contribution in [-0.4, -0.2) is 26.5 Å². The summed E-state index contributed by atoms with van der Waals surface area (Å²) in [5, 5.41) is 11.4. The molecule has 1 amide bonds. The molecule has 0 aliphatic heterocycles. The van der Waals surface area contributed by atoms with Gasteiger partial charge in [0.2, 0.25) is 0 Å².